The number of carbonyl (C=O) groups is 2. The lowest BCUT2D eigenvalue weighted by atomic mass is 10.1. The highest BCUT2D eigenvalue weighted by molar-refractivity contribution is 14.1. The van der Waals surface area contributed by atoms with Crippen LogP contribution in [0.1, 0.15) is 11.1 Å². The van der Waals surface area contributed by atoms with Crippen LogP contribution in [0.15, 0.2) is 35.2 Å². The summed E-state index contributed by atoms with van der Waals surface area (Å²) in [4.78, 5) is 25.7. The quantitative estimate of drug-likeness (QED) is 0.246. The Labute approximate surface area is 201 Å². The van der Waals surface area contributed by atoms with Gasteiger partial charge in [0, 0.05) is 0 Å². The molecule has 0 radical (unpaired) electrons. The van der Waals surface area contributed by atoms with E-state index in [9.17, 15) is 9.59 Å². The summed E-state index contributed by atoms with van der Waals surface area (Å²) in [5, 5.41) is 0.546. The number of nitrogens with zero attached hydrogens (tertiary/aromatic N) is 1. The highest BCUT2D eigenvalue weighted by Gasteiger charge is 2.34. The molecule has 0 unspecified atom stereocenters. The summed E-state index contributed by atoms with van der Waals surface area (Å²) >= 11 is 15.0. The van der Waals surface area contributed by atoms with E-state index >= 15 is 0 Å². The molecule has 2 aromatic rings. The maximum atomic E-state index is 12.4. The first-order valence-corrected chi connectivity index (χ1v) is 11.1. The third-order valence-electron chi connectivity index (χ3n) is 4.04. The molecule has 30 heavy (non-hydrogen) atoms. The minimum atomic E-state index is -0.406. The van der Waals surface area contributed by atoms with Crippen LogP contribution in [0.25, 0.3) is 6.08 Å². The van der Waals surface area contributed by atoms with Crippen LogP contribution in [-0.2, 0) is 11.4 Å². The van der Waals surface area contributed by atoms with Crippen LogP contribution >= 0.6 is 57.6 Å². The Balaban J connectivity index is 1.84. The summed E-state index contributed by atoms with van der Waals surface area (Å²) in [5.74, 6) is 2.96. The van der Waals surface area contributed by atoms with E-state index in [1.165, 1.54) is 7.11 Å². The number of rotatable bonds is 6. The van der Waals surface area contributed by atoms with Crippen molar-refractivity contribution in [2.45, 2.75) is 6.61 Å². The smallest absolute Gasteiger partial charge is 0.294 e. The van der Waals surface area contributed by atoms with E-state index in [-0.39, 0.29) is 18.4 Å². The number of terminal acetylenes is 1. The van der Waals surface area contributed by atoms with Gasteiger partial charge in [-0.1, -0.05) is 35.2 Å². The first-order chi connectivity index (χ1) is 14.3. The molecule has 2 amide bonds. The van der Waals surface area contributed by atoms with Crippen LogP contribution < -0.4 is 9.47 Å². The van der Waals surface area contributed by atoms with Gasteiger partial charge in [-0.05, 0) is 75.8 Å². The highest BCUT2D eigenvalue weighted by Crippen LogP contribution is 2.37. The molecular weight excluding hydrogens is 560 g/mol. The number of amides is 2. The van der Waals surface area contributed by atoms with Crippen molar-refractivity contribution in [1.29, 1.82) is 0 Å². The van der Waals surface area contributed by atoms with Gasteiger partial charge in [0.05, 0.1) is 32.2 Å². The van der Waals surface area contributed by atoms with Crippen LogP contribution in [0, 0.1) is 15.9 Å². The molecule has 1 saturated heterocycles. The number of imide groups is 1. The summed E-state index contributed by atoms with van der Waals surface area (Å²) in [6, 6.07) is 8.85. The Hall–Kier alpha value is -1.86. The van der Waals surface area contributed by atoms with E-state index < -0.39 is 5.91 Å². The Morgan fingerprint density at radius 3 is 2.67 bits per heavy atom. The molecule has 5 nitrogen and oxygen atoms in total. The molecule has 1 aliphatic heterocycles. The van der Waals surface area contributed by atoms with Gasteiger partial charge in [0.25, 0.3) is 11.1 Å². The number of ether oxygens (including phenoxy) is 2. The fraction of sp³-hybridized carbons (Fsp3) is 0.143. The topological polar surface area (TPSA) is 55.8 Å². The van der Waals surface area contributed by atoms with Crippen molar-refractivity contribution in [3.8, 4) is 23.8 Å². The Kier molecular flexibility index (Phi) is 7.58. The number of benzene rings is 2. The van der Waals surface area contributed by atoms with Crippen molar-refractivity contribution in [3.63, 3.8) is 0 Å². The molecule has 1 aliphatic rings. The standard InChI is InChI=1S/C21H14Cl2INO4S/c1-3-6-25-20(26)18(30-21(25)27)10-13-8-16(24)19(17(9-13)28-2)29-11-12-4-5-14(22)15(23)7-12/h1,4-5,7-10H,6,11H2,2H3/b18-10+. The first-order valence-electron chi connectivity index (χ1n) is 8.47. The summed E-state index contributed by atoms with van der Waals surface area (Å²) in [6.45, 7) is 0.220. The van der Waals surface area contributed by atoms with Gasteiger partial charge >= 0.3 is 0 Å². The number of thioether (sulfide) groups is 1. The zero-order valence-electron chi connectivity index (χ0n) is 15.6. The van der Waals surface area contributed by atoms with E-state index in [2.05, 4.69) is 28.5 Å². The van der Waals surface area contributed by atoms with Crippen molar-refractivity contribution in [1.82, 2.24) is 4.90 Å². The van der Waals surface area contributed by atoms with Gasteiger partial charge in [0.2, 0.25) is 0 Å². The Morgan fingerprint density at radius 2 is 2.00 bits per heavy atom. The van der Waals surface area contributed by atoms with Crippen molar-refractivity contribution in [3.05, 3.63) is 60.0 Å². The number of carbonyl (C=O) groups excluding carboxylic acids is 2. The third-order valence-corrected chi connectivity index (χ3v) is 6.49. The molecule has 0 aromatic heterocycles. The summed E-state index contributed by atoms with van der Waals surface area (Å²) in [5.41, 5.74) is 1.55. The zero-order valence-corrected chi connectivity index (χ0v) is 20.1. The maximum Gasteiger partial charge on any atom is 0.294 e. The molecule has 154 valence electrons. The fourth-order valence-electron chi connectivity index (χ4n) is 2.63. The highest BCUT2D eigenvalue weighted by atomic mass is 127. The van der Waals surface area contributed by atoms with Crippen LogP contribution in [-0.4, -0.2) is 29.7 Å². The molecule has 2 aromatic carbocycles. The van der Waals surface area contributed by atoms with E-state index in [1.807, 2.05) is 12.1 Å². The SMILES string of the molecule is C#CCN1C(=O)S/C(=C/c2cc(I)c(OCc3ccc(Cl)c(Cl)c3)c(OC)c2)C1=O. The Morgan fingerprint density at radius 1 is 1.23 bits per heavy atom. The first kappa shape index (κ1) is 22.8. The van der Waals surface area contributed by atoms with Crippen molar-refractivity contribution >= 4 is 74.8 Å². The Bertz CT molecular complexity index is 1100. The predicted octanol–water partition coefficient (Wildman–Crippen LogP) is 5.86. The van der Waals surface area contributed by atoms with E-state index in [1.54, 1.807) is 24.3 Å². The number of methoxy groups -OCH3 is 1. The zero-order chi connectivity index (χ0) is 21.8. The van der Waals surface area contributed by atoms with Gasteiger partial charge in [-0.15, -0.1) is 6.42 Å². The molecule has 9 heteroatoms. The van der Waals surface area contributed by atoms with E-state index in [0.29, 0.717) is 32.0 Å². The van der Waals surface area contributed by atoms with Gasteiger partial charge in [0.1, 0.15) is 6.61 Å². The van der Waals surface area contributed by atoms with Gasteiger partial charge in [-0.3, -0.25) is 14.5 Å². The van der Waals surface area contributed by atoms with Gasteiger partial charge < -0.3 is 9.47 Å². The van der Waals surface area contributed by atoms with Crippen molar-refractivity contribution < 1.29 is 19.1 Å². The summed E-state index contributed by atoms with van der Waals surface area (Å²) in [7, 11) is 1.53. The lowest BCUT2D eigenvalue weighted by Gasteiger charge is -2.14. The van der Waals surface area contributed by atoms with Crippen LogP contribution in [0.3, 0.4) is 0 Å². The molecule has 1 fully saturated rings. The maximum absolute atomic E-state index is 12.4. The third kappa shape index (κ3) is 5.06. The molecule has 0 aliphatic carbocycles. The normalized spacial score (nSPS) is 14.9. The summed E-state index contributed by atoms with van der Waals surface area (Å²) < 4.78 is 12.2. The fourth-order valence-corrected chi connectivity index (χ4v) is 4.57. The lowest BCUT2D eigenvalue weighted by Crippen LogP contribution is -2.28. The van der Waals surface area contributed by atoms with Crippen LogP contribution in [0.2, 0.25) is 10.0 Å². The molecule has 3 rings (SSSR count). The minimum Gasteiger partial charge on any atom is -0.493 e. The molecule has 0 saturated carbocycles. The van der Waals surface area contributed by atoms with Crippen LogP contribution in [0.5, 0.6) is 11.5 Å². The minimum absolute atomic E-state index is 0.0512. The summed E-state index contributed by atoms with van der Waals surface area (Å²) in [6.07, 6.45) is 6.85. The van der Waals surface area contributed by atoms with E-state index in [0.717, 1.165) is 25.8 Å². The van der Waals surface area contributed by atoms with Crippen molar-refractivity contribution in [2.24, 2.45) is 0 Å². The second-order valence-corrected chi connectivity index (χ2v) is 9.01. The molecule has 0 bridgehead atoms. The van der Waals surface area contributed by atoms with Gasteiger partial charge in [-0.25, -0.2) is 0 Å². The van der Waals surface area contributed by atoms with Crippen molar-refractivity contribution in [2.75, 3.05) is 13.7 Å². The average Bonchev–Trinajstić information content (AvgIpc) is 2.97. The largest absolute Gasteiger partial charge is 0.493 e. The second kappa shape index (κ2) is 9.96. The monoisotopic (exact) mass is 573 g/mol. The lowest BCUT2D eigenvalue weighted by molar-refractivity contribution is -0.122. The number of hydrogen-bond acceptors (Lipinski definition) is 5. The molecule has 0 spiro atoms. The molecule has 0 N–H and O–H groups in total. The number of hydrogen-bond donors (Lipinski definition) is 0. The van der Waals surface area contributed by atoms with Gasteiger partial charge in [-0.2, -0.15) is 0 Å². The molecular formula is C21H14Cl2INO4S. The molecule has 0 atom stereocenters. The van der Waals surface area contributed by atoms with Crippen LogP contribution in [0.4, 0.5) is 4.79 Å². The number of halogens is 3. The van der Waals surface area contributed by atoms with E-state index in [4.69, 9.17) is 39.1 Å². The average molecular weight is 574 g/mol. The van der Waals surface area contributed by atoms with Gasteiger partial charge in [0.15, 0.2) is 11.5 Å². The predicted molar refractivity (Wildman–Crippen MR) is 128 cm³/mol. The molecule has 1 heterocycles. The second-order valence-electron chi connectivity index (χ2n) is 6.04.